The fraction of sp³-hybridized carbons (Fsp3) is 0. The van der Waals surface area contributed by atoms with Crippen LogP contribution in [0.3, 0.4) is 0 Å². The molecule has 1 aromatic carbocycles. The molecule has 0 bridgehead atoms. The molecule has 2 nitrogen and oxygen atoms in total. The Labute approximate surface area is 113 Å². The molecular formula is C12H6Cl3NO. The molecule has 0 aliphatic heterocycles. The summed E-state index contributed by atoms with van der Waals surface area (Å²) in [6, 6.07) is 8.01. The molecule has 0 N–H and O–H groups in total. The van der Waals surface area contributed by atoms with Crippen LogP contribution in [-0.2, 0) is 0 Å². The van der Waals surface area contributed by atoms with Crippen molar-refractivity contribution in [3.8, 4) is 0 Å². The molecule has 0 saturated carbocycles. The number of halogens is 3. The van der Waals surface area contributed by atoms with E-state index in [0.717, 1.165) is 0 Å². The molecule has 1 aromatic heterocycles. The van der Waals surface area contributed by atoms with Crippen LogP contribution in [0.2, 0.25) is 15.1 Å². The minimum atomic E-state index is -0.261. The van der Waals surface area contributed by atoms with Gasteiger partial charge in [0.15, 0.2) is 0 Å². The maximum absolute atomic E-state index is 12.1. The smallest absolute Gasteiger partial charge is 0.212 e. The normalized spacial score (nSPS) is 10.3. The Morgan fingerprint density at radius 3 is 2.24 bits per heavy atom. The van der Waals surface area contributed by atoms with E-state index in [1.165, 1.54) is 12.3 Å². The van der Waals surface area contributed by atoms with E-state index < -0.39 is 0 Å². The lowest BCUT2D eigenvalue weighted by atomic mass is 10.1. The first kappa shape index (κ1) is 12.4. The number of hydrogen-bond donors (Lipinski definition) is 0. The van der Waals surface area contributed by atoms with Crippen molar-refractivity contribution in [1.29, 1.82) is 0 Å². The van der Waals surface area contributed by atoms with Gasteiger partial charge in [0.1, 0.15) is 5.69 Å². The summed E-state index contributed by atoms with van der Waals surface area (Å²) in [5.41, 5.74) is 0.657. The van der Waals surface area contributed by atoms with Gasteiger partial charge in [-0.05, 0) is 30.3 Å². The Bertz CT molecular complexity index is 566. The zero-order valence-electron chi connectivity index (χ0n) is 8.45. The summed E-state index contributed by atoms with van der Waals surface area (Å²) in [5, 5.41) is 1.19. The monoisotopic (exact) mass is 285 g/mol. The van der Waals surface area contributed by atoms with Gasteiger partial charge < -0.3 is 0 Å². The van der Waals surface area contributed by atoms with Crippen LogP contribution in [0.15, 0.2) is 36.5 Å². The van der Waals surface area contributed by atoms with Crippen LogP contribution in [-0.4, -0.2) is 10.8 Å². The maximum atomic E-state index is 12.1. The molecule has 0 unspecified atom stereocenters. The van der Waals surface area contributed by atoms with Gasteiger partial charge in [-0.15, -0.1) is 0 Å². The summed E-state index contributed by atoms with van der Waals surface area (Å²) < 4.78 is 0. The Morgan fingerprint density at radius 2 is 1.65 bits per heavy atom. The fourth-order valence-corrected chi connectivity index (χ4v) is 1.91. The summed E-state index contributed by atoms with van der Waals surface area (Å²) in [7, 11) is 0. The zero-order valence-corrected chi connectivity index (χ0v) is 10.7. The number of ketones is 1. The minimum Gasteiger partial charge on any atom is -0.287 e. The number of hydrogen-bond acceptors (Lipinski definition) is 2. The predicted molar refractivity (Wildman–Crippen MR) is 69.1 cm³/mol. The maximum Gasteiger partial charge on any atom is 0.212 e. The van der Waals surface area contributed by atoms with E-state index in [1.807, 2.05) is 0 Å². The summed E-state index contributed by atoms with van der Waals surface area (Å²) >= 11 is 17.4. The Balaban J connectivity index is 2.40. The van der Waals surface area contributed by atoms with Crippen molar-refractivity contribution in [1.82, 2.24) is 4.98 Å². The molecule has 0 aliphatic rings. The van der Waals surface area contributed by atoms with E-state index >= 15 is 0 Å². The van der Waals surface area contributed by atoms with Crippen LogP contribution in [0.25, 0.3) is 0 Å². The van der Waals surface area contributed by atoms with E-state index in [4.69, 9.17) is 34.8 Å². The van der Waals surface area contributed by atoms with Gasteiger partial charge in [0.2, 0.25) is 5.78 Å². The number of benzene rings is 1. The van der Waals surface area contributed by atoms with Gasteiger partial charge in [0.05, 0.1) is 10.0 Å². The van der Waals surface area contributed by atoms with Crippen molar-refractivity contribution >= 4 is 40.6 Å². The first-order valence-corrected chi connectivity index (χ1v) is 5.82. The second kappa shape index (κ2) is 5.05. The molecule has 0 radical (unpaired) electrons. The zero-order chi connectivity index (χ0) is 12.4. The van der Waals surface area contributed by atoms with E-state index in [2.05, 4.69) is 4.98 Å². The fourth-order valence-electron chi connectivity index (χ4n) is 1.32. The van der Waals surface area contributed by atoms with E-state index in [-0.39, 0.29) is 16.5 Å². The van der Waals surface area contributed by atoms with Crippen LogP contribution >= 0.6 is 34.8 Å². The van der Waals surface area contributed by atoms with Crippen molar-refractivity contribution in [2.75, 3.05) is 0 Å². The summed E-state index contributed by atoms with van der Waals surface area (Å²) in [4.78, 5) is 16.0. The lowest BCUT2D eigenvalue weighted by Crippen LogP contribution is -2.04. The minimum absolute atomic E-state index is 0.179. The average molecular weight is 287 g/mol. The standard InChI is InChI=1S/C12H6Cl3NO/c13-8-3-1-7(2-4-8)12(17)11-10(15)5-9(14)6-16-11/h1-6H. The van der Waals surface area contributed by atoms with Crippen LogP contribution in [0, 0.1) is 0 Å². The summed E-state index contributed by atoms with van der Waals surface area (Å²) in [5.74, 6) is -0.261. The van der Waals surface area contributed by atoms with E-state index in [9.17, 15) is 4.79 Å². The molecule has 1 heterocycles. The van der Waals surface area contributed by atoms with Gasteiger partial charge in [0.25, 0.3) is 0 Å². The number of carbonyl (C=O) groups excluding carboxylic acids is 1. The van der Waals surface area contributed by atoms with Gasteiger partial charge in [-0.2, -0.15) is 0 Å². The number of carbonyl (C=O) groups is 1. The van der Waals surface area contributed by atoms with Gasteiger partial charge in [-0.25, -0.2) is 4.98 Å². The highest BCUT2D eigenvalue weighted by molar-refractivity contribution is 6.37. The van der Waals surface area contributed by atoms with Crippen molar-refractivity contribution in [2.24, 2.45) is 0 Å². The topological polar surface area (TPSA) is 30.0 Å². The first-order chi connectivity index (χ1) is 8.08. The predicted octanol–water partition coefficient (Wildman–Crippen LogP) is 4.27. The molecule has 0 fully saturated rings. The molecule has 2 rings (SSSR count). The molecule has 17 heavy (non-hydrogen) atoms. The van der Waals surface area contributed by atoms with Crippen LogP contribution in [0.1, 0.15) is 16.1 Å². The molecule has 86 valence electrons. The molecular weight excluding hydrogens is 280 g/mol. The van der Waals surface area contributed by atoms with E-state index in [1.54, 1.807) is 24.3 Å². The molecule has 0 atom stereocenters. The highest BCUT2D eigenvalue weighted by Crippen LogP contribution is 2.21. The van der Waals surface area contributed by atoms with Gasteiger partial charge in [-0.3, -0.25) is 4.79 Å². The molecule has 0 spiro atoms. The first-order valence-electron chi connectivity index (χ1n) is 4.69. The number of nitrogens with zero attached hydrogens (tertiary/aromatic N) is 1. The summed E-state index contributed by atoms with van der Waals surface area (Å²) in [6.07, 6.45) is 1.39. The average Bonchev–Trinajstić information content (AvgIpc) is 2.29. The van der Waals surface area contributed by atoms with Crippen molar-refractivity contribution in [2.45, 2.75) is 0 Å². The third-order valence-electron chi connectivity index (χ3n) is 2.13. The van der Waals surface area contributed by atoms with Crippen LogP contribution in [0.4, 0.5) is 0 Å². The lowest BCUT2D eigenvalue weighted by molar-refractivity contribution is 0.103. The van der Waals surface area contributed by atoms with Crippen molar-refractivity contribution in [3.63, 3.8) is 0 Å². The van der Waals surface area contributed by atoms with Gasteiger partial charge in [0, 0.05) is 16.8 Å². The second-order valence-corrected chi connectivity index (χ2v) is 4.60. The molecule has 0 aliphatic carbocycles. The Morgan fingerprint density at radius 1 is 1.00 bits per heavy atom. The SMILES string of the molecule is O=C(c1ccc(Cl)cc1)c1ncc(Cl)cc1Cl. The van der Waals surface area contributed by atoms with Crippen LogP contribution in [0.5, 0.6) is 0 Å². The Kier molecular flexibility index (Phi) is 3.67. The quantitative estimate of drug-likeness (QED) is 0.772. The largest absolute Gasteiger partial charge is 0.287 e. The molecule has 5 heteroatoms. The molecule has 0 saturated heterocycles. The molecule has 2 aromatic rings. The third-order valence-corrected chi connectivity index (χ3v) is 2.88. The number of rotatable bonds is 2. The summed E-state index contributed by atoms with van der Waals surface area (Å²) in [6.45, 7) is 0. The van der Waals surface area contributed by atoms with Gasteiger partial charge >= 0.3 is 0 Å². The van der Waals surface area contributed by atoms with Crippen LogP contribution < -0.4 is 0 Å². The number of pyridine rings is 1. The Hall–Kier alpha value is -1.09. The highest BCUT2D eigenvalue weighted by atomic mass is 35.5. The second-order valence-electron chi connectivity index (χ2n) is 3.32. The third kappa shape index (κ3) is 2.78. The van der Waals surface area contributed by atoms with Gasteiger partial charge in [-0.1, -0.05) is 34.8 Å². The number of aromatic nitrogens is 1. The lowest BCUT2D eigenvalue weighted by Gasteiger charge is -2.03. The molecule has 0 amide bonds. The van der Waals surface area contributed by atoms with Crippen molar-refractivity contribution in [3.05, 3.63) is 62.9 Å². The highest BCUT2D eigenvalue weighted by Gasteiger charge is 2.14. The van der Waals surface area contributed by atoms with E-state index in [0.29, 0.717) is 15.6 Å². The van der Waals surface area contributed by atoms with Crippen molar-refractivity contribution < 1.29 is 4.79 Å².